The molecule has 0 saturated carbocycles. The lowest BCUT2D eigenvalue weighted by atomic mass is 10.1. The monoisotopic (exact) mass is 306 g/mol. The number of benzene rings is 1. The zero-order chi connectivity index (χ0) is 13.0. The molecule has 2 nitrogen and oxygen atoms in total. The SMILES string of the molecule is CCc1cc(CCC(Br)c2ccccc2)n(C)n1. The molecular weight excluding hydrogens is 288 g/mol. The van der Waals surface area contributed by atoms with Crippen LogP contribution in [0.3, 0.4) is 0 Å². The van der Waals surface area contributed by atoms with Crippen molar-refractivity contribution in [3.63, 3.8) is 0 Å². The van der Waals surface area contributed by atoms with Crippen LogP contribution in [0.15, 0.2) is 36.4 Å². The Morgan fingerprint density at radius 1 is 1.28 bits per heavy atom. The number of hydrogen-bond donors (Lipinski definition) is 0. The maximum absolute atomic E-state index is 4.48. The van der Waals surface area contributed by atoms with E-state index in [0.29, 0.717) is 4.83 Å². The van der Waals surface area contributed by atoms with E-state index in [9.17, 15) is 0 Å². The molecule has 0 aliphatic rings. The van der Waals surface area contributed by atoms with Crippen molar-refractivity contribution >= 4 is 15.9 Å². The van der Waals surface area contributed by atoms with Gasteiger partial charge in [0.25, 0.3) is 0 Å². The highest BCUT2D eigenvalue weighted by atomic mass is 79.9. The quantitative estimate of drug-likeness (QED) is 0.762. The number of aryl methyl sites for hydroxylation is 3. The van der Waals surface area contributed by atoms with Gasteiger partial charge in [0, 0.05) is 17.6 Å². The van der Waals surface area contributed by atoms with E-state index in [4.69, 9.17) is 0 Å². The minimum atomic E-state index is 0.415. The van der Waals surface area contributed by atoms with Gasteiger partial charge >= 0.3 is 0 Å². The maximum atomic E-state index is 4.48. The van der Waals surface area contributed by atoms with E-state index < -0.39 is 0 Å². The lowest BCUT2D eigenvalue weighted by molar-refractivity contribution is 0.673. The molecule has 0 saturated heterocycles. The van der Waals surface area contributed by atoms with Crippen molar-refractivity contribution < 1.29 is 0 Å². The fourth-order valence-electron chi connectivity index (χ4n) is 2.08. The molecule has 0 fully saturated rings. The number of hydrogen-bond acceptors (Lipinski definition) is 1. The topological polar surface area (TPSA) is 17.8 Å². The van der Waals surface area contributed by atoms with E-state index >= 15 is 0 Å². The van der Waals surface area contributed by atoms with Crippen LogP contribution in [0.1, 0.15) is 35.1 Å². The maximum Gasteiger partial charge on any atom is 0.0624 e. The van der Waals surface area contributed by atoms with E-state index in [1.54, 1.807) is 0 Å². The molecule has 3 heteroatoms. The summed E-state index contributed by atoms with van der Waals surface area (Å²) >= 11 is 3.76. The van der Waals surface area contributed by atoms with E-state index in [1.807, 2.05) is 11.7 Å². The predicted octanol–water partition coefficient (Wildman–Crippen LogP) is 4.05. The van der Waals surface area contributed by atoms with Gasteiger partial charge in [-0.2, -0.15) is 5.10 Å². The fraction of sp³-hybridized carbons (Fsp3) is 0.400. The van der Waals surface area contributed by atoms with Gasteiger partial charge in [-0.05, 0) is 30.9 Å². The minimum Gasteiger partial charge on any atom is -0.272 e. The molecule has 1 aromatic carbocycles. The molecule has 2 rings (SSSR count). The molecule has 0 spiro atoms. The summed E-state index contributed by atoms with van der Waals surface area (Å²) < 4.78 is 2.00. The third-order valence-electron chi connectivity index (χ3n) is 3.20. The van der Waals surface area contributed by atoms with Gasteiger partial charge in [0.2, 0.25) is 0 Å². The largest absolute Gasteiger partial charge is 0.272 e. The van der Waals surface area contributed by atoms with Crippen molar-refractivity contribution in [2.75, 3.05) is 0 Å². The highest BCUT2D eigenvalue weighted by molar-refractivity contribution is 9.09. The van der Waals surface area contributed by atoms with Crippen LogP contribution < -0.4 is 0 Å². The summed E-state index contributed by atoms with van der Waals surface area (Å²) in [5.74, 6) is 0. The molecule has 0 aliphatic heterocycles. The van der Waals surface area contributed by atoms with Gasteiger partial charge in [0.1, 0.15) is 0 Å². The molecule has 0 bridgehead atoms. The van der Waals surface area contributed by atoms with Crippen LogP contribution in [-0.4, -0.2) is 9.78 Å². The Morgan fingerprint density at radius 3 is 2.61 bits per heavy atom. The van der Waals surface area contributed by atoms with Crippen LogP contribution in [0.25, 0.3) is 0 Å². The molecule has 1 atom stereocenters. The van der Waals surface area contributed by atoms with Crippen molar-refractivity contribution in [3.05, 3.63) is 53.3 Å². The normalized spacial score (nSPS) is 12.6. The van der Waals surface area contributed by atoms with Crippen molar-refractivity contribution in [2.24, 2.45) is 7.05 Å². The van der Waals surface area contributed by atoms with Crippen molar-refractivity contribution in [3.8, 4) is 0 Å². The third-order valence-corrected chi connectivity index (χ3v) is 4.19. The molecule has 0 aliphatic carbocycles. The molecule has 0 N–H and O–H groups in total. The zero-order valence-electron chi connectivity index (χ0n) is 10.9. The van der Waals surface area contributed by atoms with Crippen molar-refractivity contribution in [1.82, 2.24) is 9.78 Å². The molecule has 18 heavy (non-hydrogen) atoms. The van der Waals surface area contributed by atoms with Crippen LogP contribution >= 0.6 is 15.9 Å². The molecule has 2 aromatic rings. The molecule has 1 aromatic heterocycles. The lowest BCUT2D eigenvalue weighted by Gasteiger charge is -2.09. The fourth-order valence-corrected chi connectivity index (χ4v) is 2.62. The first-order valence-electron chi connectivity index (χ1n) is 6.41. The second kappa shape index (κ2) is 6.19. The average Bonchev–Trinajstić information content (AvgIpc) is 2.77. The molecule has 0 amide bonds. The summed E-state index contributed by atoms with van der Waals surface area (Å²) in [6.45, 7) is 2.14. The Hall–Kier alpha value is -1.09. The van der Waals surface area contributed by atoms with Crippen LogP contribution in [0.2, 0.25) is 0 Å². The Balaban J connectivity index is 1.97. The smallest absolute Gasteiger partial charge is 0.0624 e. The van der Waals surface area contributed by atoms with Gasteiger partial charge < -0.3 is 0 Å². The van der Waals surface area contributed by atoms with Crippen molar-refractivity contribution in [2.45, 2.75) is 31.0 Å². The van der Waals surface area contributed by atoms with E-state index in [2.05, 4.69) is 64.4 Å². The first-order chi connectivity index (χ1) is 8.70. The molecule has 0 radical (unpaired) electrons. The average molecular weight is 307 g/mol. The highest BCUT2D eigenvalue weighted by Gasteiger charge is 2.09. The highest BCUT2D eigenvalue weighted by Crippen LogP contribution is 2.27. The molecule has 1 unspecified atom stereocenters. The van der Waals surface area contributed by atoms with Gasteiger partial charge in [0.15, 0.2) is 0 Å². The molecule has 96 valence electrons. The van der Waals surface area contributed by atoms with Crippen LogP contribution in [0.4, 0.5) is 0 Å². The molecule has 1 heterocycles. The molecular formula is C15H19BrN2. The summed E-state index contributed by atoms with van der Waals surface area (Å²) in [5.41, 5.74) is 3.83. The summed E-state index contributed by atoms with van der Waals surface area (Å²) in [7, 11) is 2.03. The van der Waals surface area contributed by atoms with Gasteiger partial charge in [-0.3, -0.25) is 4.68 Å². The predicted molar refractivity (Wildman–Crippen MR) is 79.0 cm³/mol. The van der Waals surface area contributed by atoms with E-state index in [-0.39, 0.29) is 0 Å². The Bertz CT molecular complexity index is 490. The standard InChI is InChI=1S/C15H19BrN2/c1-3-13-11-14(18(2)17-13)9-10-15(16)12-7-5-4-6-8-12/h4-8,11,15H,3,9-10H2,1-2H3. The Labute approximate surface area is 117 Å². The minimum absolute atomic E-state index is 0.415. The second-order valence-corrected chi connectivity index (χ2v) is 5.63. The third kappa shape index (κ3) is 3.22. The Morgan fingerprint density at radius 2 is 2.00 bits per heavy atom. The summed E-state index contributed by atoms with van der Waals surface area (Å²) in [6.07, 6.45) is 3.14. The summed E-state index contributed by atoms with van der Waals surface area (Å²) in [5, 5.41) is 4.48. The lowest BCUT2D eigenvalue weighted by Crippen LogP contribution is -2.00. The number of alkyl halides is 1. The number of halogens is 1. The van der Waals surface area contributed by atoms with Crippen LogP contribution in [-0.2, 0) is 19.9 Å². The summed E-state index contributed by atoms with van der Waals surface area (Å²) in [6, 6.07) is 12.8. The number of aromatic nitrogens is 2. The second-order valence-electron chi connectivity index (χ2n) is 4.52. The first kappa shape index (κ1) is 13.3. The number of rotatable bonds is 5. The van der Waals surface area contributed by atoms with Gasteiger partial charge in [0.05, 0.1) is 5.69 Å². The van der Waals surface area contributed by atoms with Gasteiger partial charge in [-0.15, -0.1) is 0 Å². The van der Waals surface area contributed by atoms with E-state index in [0.717, 1.165) is 19.3 Å². The number of nitrogens with zero attached hydrogens (tertiary/aromatic N) is 2. The van der Waals surface area contributed by atoms with Gasteiger partial charge in [-0.1, -0.05) is 53.2 Å². The van der Waals surface area contributed by atoms with Crippen LogP contribution in [0.5, 0.6) is 0 Å². The van der Waals surface area contributed by atoms with E-state index in [1.165, 1.54) is 17.0 Å². The Kier molecular flexibility index (Phi) is 4.59. The van der Waals surface area contributed by atoms with Crippen LogP contribution in [0, 0.1) is 0 Å². The van der Waals surface area contributed by atoms with Gasteiger partial charge in [-0.25, -0.2) is 0 Å². The zero-order valence-corrected chi connectivity index (χ0v) is 12.5. The first-order valence-corrected chi connectivity index (χ1v) is 7.33. The van der Waals surface area contributed by atoms with Crippen molar-refractivity contribution in [1.29, 1.82) is 0 Å². The summed E-state index contributed by atoms with van der Waals surface area (Å²) in [4.78, 5) is 0.415.